The van der Waals surface area contributed by atoms with Crippen LogP contribution < -0.4 is 11.3 Å². The van der Waals surface area contributed by atoms with Crippen molar-refractivity contribution >= 4 is 17.6 Å². The van der Waals surface area contributed by atoms with Crippen molar-refractivity contribution in [2.45, 2.75) is 51.5 Å². The molecule has 3 N–H and O–H groups in total. The number of thioether (sulfide) groups is 1. The zero-order valence-corrected chi connectivity index (χ0v) is 11.9. The summed E-state index contributed by atoms with van der Waals surface area (Å²) in [5.74, 6) is 7.96. The molecule has 17 heavy (non-hydrogen) atoms. The molecule has 4 nitrogen and oxygen atoms in total. The molecule has 1 unspecified atom stereocenters. The van der Waals surface area contributed by atoms with Crippen LogP contribution in [0.5, 0.6) is 0 Å². The smallest absolute Gasteiger partial charge is 0.147 e. The van der Waals surface area contributed by atoms with Crippen LogP contribution in [0, 0.1) is 6.92 Å². The molecular formula is C12H22N4S. The summed E-state index contributed by atoms with van der Waals surface area (Å²) in [4.78, 5) is 8.99. The van der Waals surface area contributed by atoms with Crippen LogP contribution in [0.4, 0.5) is 5.82 Å². The van der Waals surface area contributed by atoms with Crippen LogP contribution in [-0.2, 0) is 12.2 Å². The molecule has 96 valence electrons. The number of aryl methyl sites for hydroxylation is 1. The van der Waals surface area contributed by atoms with E-state index in [4.69, 9.17) is 5.84 Å². The van der Waals surface area contributed by atoms with E-state index < -0.39 is 0 Å². The van der Waals surface area contributed by atoms with Crippen molar-refractivity contribution in [2.75, 3.05) is 5.43 Å². The lowest BCUT2D eigenvalue weighted by Gasteiger charge is -2.12. The number of rotatable bonds is 6. The summed E-state index contributed by atoms with van der Waals surface area (Å²) in [6, 6.07) is 0. The molecule has 0 aliphatic carbocycles. The first kappa shape index (κ1) is 14.3. The second-order valence-corrected chi connectivity index (χ2v) is 5.51. The molecule has 1 rings (SSSR count). The van der Waals surface area contributed by atoms with Crippen LogP contribution in [0.25, 0.3) is 0 Å². The normalized spacial score (nSPS) is 12.5. The number of nitrogens with one attached hydrogen (secondary N) is 1. The molecule has 0 radical (unpaired) electrons. The van der Waals surface area contributed by atoms with Crippen LogP contribution in [0.1, 0.15) is 44.3 Å². The van der Waals surface area contributed by atoms with E-state index in [-0.39, 0.29) is 0 Å². The van der Waals surface area contributed by atoms with E-state index >= 15 is 0 Å². The first-order valence-corrected chi connectivity index (χ1v) is 7.11. The Morgan fingerprint density at radius 1 is 1.35 bits per heavy atom. The predicted molar refractivity (Wildman–Crippen MR) is 75.0 cm³/mol. The number of hydrazine groups is 1. The van der Waals surface area contributed by atoms with E-state index in [0.717, 1.165) is 35.1 Å². The summed E-state index contributed by atoms with van der Waals surface area (Å²) >= 11 is 1.88. The quantitative estimate of drug-likeness (QED) is 0.603. The van der Waals surface area contributed by atoms with E-state index in [9.17, 15) is 0 Å². The lowest BCUT2D eigenvalue weighted by atomic mass is 10.2. The number of hydrogen-bond donors (Lipinski definition) is 2. The lowest BCUT2D eigenvalue weighted by molar-refractivity contribution is 0.895. The molecule has 0 fully saturated rings. The van der Waals surface area contributed by atoms with Crippen LogP contribution in [0.3, 0.4) is 0 Å². The predicted octanol–water partition coefficient (Wildman–Crippen LogP) is 2.66. The standard InChI is InChI=1S/C12H22N4S/c1-5-8(3)17-7-11-14-9(4)10(6-2)12(15-11)16-13/h8H,5-7,13H2,1-4H3,(H,14,15,16). The van der Waals surface area contributed by atoms with Gasteiger partial charge in [0.2, 0.25) is 0 Å². The number of nitrogens with zero attached hydrogens (tertiary/aromatic N) is 2. The Morgan fingerprint density at radius 2 is 2.06 bits per heavy atom. The molecule has 0 spiro atoms. The zero-order chi connectivity index (χ0) is 12.8. The van der Waals surface area contributed by atoms with Gasteiger partial charge in [-0.25, -0.2) is 15.8 Å². The van der Waals surface area contributed by atoms with Crippen molar-refractivity contribution in [1.29, 1.82) is 0 Å². The minimum Gasteiger partial charge on any atom is -0.308 e. The van der Waals surface area contributed by atoms with Gasteiger partial charge in [0.15, 0.2) is 0 Å². The maximum Gasteiger partial charge on any atom is 0.147 e. The molecule has 0 aliphatic heterocycles. The van der Waals surface area contributed by atoms with Gasteiger partial charge in [0, 0.05) is 16.5 Å². The molecule has 0 saturated carbocycles. The van der Waals surface area contributed by atoms with Gasteiger partial charge >= 0.3 is 0 Å². The highest BCUT2D eigenvalue weighted by Gasteiger charge is 2.10. The second-order valence-electron chi connectivity index (χ2n) is 4.08. The summed E-state index contributed by atoms with van der Waals surface area (Å²) in [6.45, 7) is 8.51. The van der Waals surface area contributed by atoms with Crippen molar-refractivity contribution in [3.8, 4) is 0 Å². The van der Waals surface area contributed by atoms with Crippen LogP contribution in [-0.4, -0.2) is 15.2 Å². The van der Waals surface area contributed by atoms with Gasteiger partial charge in [-0.2, -0.15) is 11.8 Å². The summed E-state index contributed by atoms with van der Waals surface area (Å²) in [5.41, 5.74) is 4.79. The maximum atomic E-state index is 5.50. The number of aromatic nitrogens is 2. The molecule has 0 aliphatic rings. The minimum absolute atomic E-state index is 0.638. The fourth-order valence-electron chi connectivity index (χ4n) is 1.60. The van der Waals surface area contributed by atoms with Crippen LogP contribution >= 0.6 is 11.8 Å². The van der Waals surface area contributed by atoms with Gasteiger partial charge in [-0.15, -0.1) is 0 Å². The first-order chi connectivity index (χ1) is 8.12. The van der Waals surface area contributed by atoms with Crippen LogP contribution in [0.15, 0.2) is 0 Å². The Balaban J connectivity index is 2.84. The third kappa shape index (κ3) is 3.85. The molecule has 0 saturated heterocycles. The number of nitrogens with two attached hydrogens (primary N) is 1. The Bertz CT molecular complexity index is 368. The lowest BCUT2D eigenvalue weighted by Crippen LogP contribution is -2.14. The third-order valence-electron chi connectivity index (χ3n) is 2.82. The summed E-state index contributed by atoms with van der Waals surface area (Å²) in [6.07, 6.45) is 2.06. The largest absolute Gasteiger partial charge is 0.308 e. The number of nitrogen functional groups attached to an aromatic ring is 1. The third-order valence-corrected chi connectivity index (χ3v) is 4.15. The van der Waals surface area contributed by atoms with E-state index in [1.807, 2.05) is 18.7 Å². The van der Waals surface area contributed by atoms with Crippen molar-refractivity contribution in [1.82, 2.24) is 9.97 Å². The Morgan fingerprint density at radius 3 is 2.59 bits per heavy atom. The zero-order valence-electron chi connectivity index (χ0n) is 11.1. The van der Waals surface area contributed by atoms with Gasteiger partial charge in [0.25, 0.3) is 0 Å². The molecule has 1 atom stereocenters. The van der Waals surface area contributed by atoms with Crippen molar-refractivity contribution < 1.29 is 0 Å². The molecule has 1 aromatic rings. The molecule has 5 heteroatoms. The van der Waals surface area contributed by atoms with E-state index in [1.54, 1.807) is 0 Å². The van der Waals surface area contributed by atoms with Crippen molar-refractivity contribution in [3.63, 3.8) is 0 Å². The first-order valence-electron chi connectivity index (χ1n) is 6.06. The highest BCUT2D eigenvalue weighted by Crippen LogP contribution is 2.21. The highest BCUT2D eigenvalue weighted by molar-refractivity contribution is 7.99. The monoisotopic (exact) mass is 254 g/mol. The number of hydrogen-bond acceptors (Lipinski definition) is 5. The van der Waals surface area contributed by atoms with E-state index in [2.05, 4.69) is 36.2 Å². The number of anilines is 1. The molecule has 1 aromatic heterocycles. The molecule has 1 heterocycles. The van der Waals surface area contributed by atoms with Gasteiger partial charge in [-0.1, -0.05) is 20.8 Å². The van der Waals surface area contributed by atoms with Crippen molar-refractivity contribution in [3.05, 3.63) is 17.1 Å². The van der Waals surface area contributed by atoms with Gasteiger partial charge in [0.1, 0.15) is 11.6 Å². The van der Waals surface area contributed by atoms with Gasteiger partial charge < -0.3 is 5.43 Å². The summed E-state index contributed by atoms with van der Waals surface area (Å²) < 4.78 is 0. The second kappa shape index (κ2) is 6.81. The fourth-order valence-corrected chi connectivity index (χ4v) is 2.39. The Kier molecular flexibility index (Phi) is 5.71. The molecular weight excluding hydrogens is 232 g/mol. The average Bonchev–Trinajstić information content (AvgIpc) is 2.34. The summed E-state index contributed by atoms with van der Waals surface area (Å²) in [7, 11) is 0. The average molecular weight is 254 g/mol. The Labute approximate surface area is 108 Å². The van der Waals surface area contributed by atoms with E-state index in [0.29, 0.717) is 5.25 Å². The fraction of sp³-hybridized carbons (Fsp3) is 0.667. The maximum absolute atomic E-state index is 5.50. The topological polar surface area (TPSA) is 63.8 Å². The Hall–Kier alpha value is -0.810. The molecule has 0 bridgehead atoms. The van der Waals surface area contributed by atoms with Gasteiger partial charge in [-0.05, 0) is 19.8 Å². The van der Waals surface area contributed by atoms with Gasteiger partial charge in [0.05, 0.1) is 5.75 Å². The minimum atomic E-state index is 0.638. The van der Waals surface area contributed by atoms with Crippen molar-refractivity contribution in [2.24, 2.45) is 5.84 Å². The van der Waals surface area contributed by atoms with E-state index in [1.165, 1.54) is 6.42 Å². The van der Waals surface area contributed by atoms with Gasteiger partial charge in [-0.3, -0.25) is 0 Å². The SMILES string of the molecule is CCc1c(C)nc(CSC(C)CC)nc1NN. The molecule has 0 aromatic carbocycles. The van der Waals surface area contributed by atoms with Crippen LogP contribution in [0.2, 0.25) is 0 Å². The molecule has 0 amide bonds. The summed E-state index contributed by atoms with van der Waals surface area (Å²) in [5, 5.41) is 0.638. The highest BCUT2D eigenvalue weighted by atomic mass is 32.2.